The summed E-state index contributed by atoms with van der Waals surface area (Å²) < 4.78 is 12.6. The van der Waals surface area contributed by atoms with Gasteiger partial charge in [-0.15, -0.1) is 0 Å². The first-order valence-corrected chi connectivity index (χ1v) is 4.58. The van der Waals surface area contributed by atoms with Gasteiger partial charge in [0.05, 0.1) is 5.69 Å². The topological polar surface area (TPSA) is 66.6 Å². The zero-order valence-corrected chi connectivity index (χ0v) is 8.35. The molecule has 0 aliphatic heterocycles. The number of nitrogens with zero attached hydrogens (tertiary/aromatic N) is 1. The molecular weight excluding hydrogens is 199 g/mol. The van der Waals surface area contributed by atoms with E-state index in [1.54, 1.807) is 6.92 Å². The van der Waals surface area contributed by atoms with Crippen LogP contribution in [0, 0.1) is 5.82 Å². The Hall–Kier alpha value is -1.62. The normalized spacial score (nSPS) is 12.2. The number of carboxylic acid groups (broad SMARTS) is 1. The van der Waals surface area contributed by atoms with Crippen LogP contribution >= 0.6 is 0 Å². The molecular formula is C10H13FN2O2. The van der Waals surface area contributed by atoms with E-state index in [4.69, 9.17) is 10.9 Å². The number of nitrogens with two attached hydrogens (primary N) is 1. The molecule has 1 aromatic carbocycles. The van der Waals surface area contributed by atoms with E-state index in [-0.39, 0.29) is 5.82 Å². The summed E-state index contributed by atoms with van der Waals surface area (Å²) in [5.74, 6) is 4.26. The maximum atomic E-state index is 12.6. The molecule has 0 radical (unpaired) electrons. The Bertz CT molecular complexity index is 340. The lowest BCUT2D eigenvalue weighted by atomic mass is 10.2. The molecule has 3 N–H and O–H groups in total. The van der Waals surface area contributed by atoms with Crippen molar-refractivity contribution in [3.63, 3.8) is 0 Å². The summed E-state index contributed by atoms with van der Waals surface area (Å²) in [6.07, 6.45) is 0.378. The molecule has 1 unspecified atom stereocenters. The number of hydrazine groups is 1. The van der Waals surface area contributed by atoms with Gasteiger partial charge in [0.25, 0.3) is 0 Å². The second-order valence-corrected chi connectivity index (χ2v) is 3.15. The van der Waals surface area contributed by atoms with Gasteiger partial charge in [-0.25, -0.2) is 15.0 Å². The first-order valence-electron chi connectivity index (χ1n) is 4.58. The lowest BCUT2D eigenvalue weighted by Gasteiger charge is -2.24. The lowest BCUT2D eigenvalue weighted by molar-refractivity contribution is -0.138. The summed E-state index contributed by atoms with van der Waals surface area (Å²) in [5.41, 5.74) is 0.477. The van der Waals surface area contributed by atoms with Crippen LogP contribution in [0.3, 0.4) is 0 Å². The van der Waals surface area contributed by atoms with Crippen LogP contribution in [0.4, 0.5) is 10.1 Å². The molecule has 0 aliphatic rings. The number of hydrogen-bond acceptors (Lipinski definition) is 3. The summed E-state index contributed by atoms with van der Waals surface area (Å²) in [4.78, 5) is 10.8. The average Bonchev–Trinajstić information content (AvgIpc) is 2.19. The van der Waals surface area contributed by atoms with Crippen LogP contribution in [0.15, 0.2) is 24.3 Å². The smallest absolute Gasteiger partial charge is 0.327 e. The fraction of sp³-hybridized carbons (Fsp3) is 0.300. The highest BCUT2D eigenvalue weighted by molar-refractivity contribution is 5.77. The van der Waals surface area contributed by atoms with E-state index in [9.17, 15) is 9.18 Å². The minimum Gasteiger partial charge on any atom is -0.480 e. The fourth-order valence-electron chi connectivity index (χ4n) is 1.28. The van der Waals surface area contributed by atoms with Gasteiger partial charge in [-0.05, 0) is 30.7 Å². The molecule has 15 heavy (non-hydrogen) atoms. The van der Waals surface area contributed by atoms with Crippen molar-refractivity contribution in [1.82, 2.24) is 0 Å². The predicted molar refractivity (Wildman–Crippen MR) is 54.8 cm³/mol. The fourth-order valence-corrected chi connectivity index (χ4v) is 1.28. The number of rotatable bonds is 4. The van der Waals surface area contributed by atoms with E-state index >= 15 is 0 Å². The Morgan fingerprint density at radius 3 is 2.47 bits per heavy atom. The molecule has 4 nitrogen and oxygen atoms in total. The molecule has 0 fully saturated rings. The predicted octanol–water partition coefficient (Wildman–Crippen LogP) is 1.37. The molecule has 0 bridgehead atoms. The molecule has 82 valence electrons. The summed E-state index contributed by atoms with van der Waals surface area (Å²) in [5, 5.41) is 9.99. The molecule has 1 rings (SSSR count). The Labute approximate surface area is 87.1 Å². The monoisotopic (exact) mass is 212 g/mol. The number of benzene rings is 1. The van der Waals surface area contributed by atoms with E-state index < -0.39 is 12.0 Å². The summed E-state index contributed by atoms with van der Waals surface area (Å²) in [6, 6.07) is 4.57. The van der Waals surface area contributed by atoms with Gasteiger partial charge in [-0.3, -0.25) is 5.01 Å². The van der Waals surface area contributed by atoms with Crippen LogP contribution in [-0.2, 0) is 4.79 Å². The molecule has 0 saturated heterocycles. The maximum absolute atomic E-state index is 12.6. The van der Waals surface area contributed by atoms with Crippen molar-refractivity contribution in [3.05, 3.63) is 30.1 Å². The van der Waals surface area contributed by atoms with Crippen molar-refractivity contribution in [2.45, 2.75) is 19.4 Å². The van der Waals surface area contributed by atoms with E-state index in [1.807, 2.05) is 0 Å². The summed E-state index contributed by atoms with van der Waals surface area (Å²) >= 11 is 0. The molecule has 5 heteroatoms. The van der Waals surface area contributed by atoms with Crippen LogP contribution in [0.2, 0.25) is 0 Å². The van der Waals surface area contributed by atoms with E-state index in [2.05, 4.69) is 0 Å². The third-order valence-electron chi connectivity index (χ3n) is 2.13. The van der Waals surface area contributed by atoms with Crippen molar-refractivity contribution >= 4 is 11.7 Å². The Morgan fingerprint density at radius 1 is 1.53 bits per heavy atom. The van der Waals surface area contributed by atoms with Crippen molar-refractivity contribution in [1.29, 1.82) is 0 Å². The average molecular weight is 212 g/mol. The number of halogens is 1. The molecule has 1 aromatic rings. The van der Waals surface area contributed by atoms with Crippen molar-refractivity contribution < 1.29 is 14.3 Å². The highest BCUT2D eigenvalue weighted by atomic mass is 19.1. The molecule has 0 spiro atoms. The highest BCUT2D eigenvalue weighted by Gasteiger charge is 2.21. The van der Waals surface area contributed by atoms with Gasteiger partial charge in [0.15, 0.2) is 0 Å². The van der Waals surface area contributed by atoms with Gasteiger partial charge in [-0.2, -0.15) is 0 Å². The van der Waals surface area contributed by atoms with E-state index in [0.717, 1.165) is 5.01 Å². The molecule has 0 aromatic heterocycles. The Balaban J connectivity index is 2.87. The summed E-state index contributed by atoms with van der Waals surface area (Å²) in [6.45, 7) is 1.72. The van der Waals surface area contributed by atoms with Gasteiger partial charge < -0.3 is 5.11 Å². The number of carbonyl (C=O) groups is 1. The first-order chi connectivity index (χ1) is 7.06. The van der Waals surface area contributed by atoms with Crippen LogP contribution < -0.4 is 10.9 Å². The lowest BCUT2D eigenvalue weighted by Crippen LogP contribution is -2.45. The minimum atomic E-state index is -0.996. The minimum absolute atomic E-state index is 0.378. The van der Waals surface area contributed by atoms with Crippen molar-refractivity contribution in [2.24, 2.45) is 5.84 Å². The number of carboxylic acids is 1. The molecule has 0 saturated carbocycles. The van der Waals surface area contributed by atoms with Gasteiger partial charge in [-0.1, -0.05) is 6.92 Å². The van der Waals surface area contributed by atoms with Crippen LogP contribution in [0.1, 0.15) is 13.3 Å². The Morgan fingerprint density at radius 2 is 2.07 bits per heavy atom. The SMILES string of the molecule is CCC(C(=O)O)N(N)c1ccc(F)cc1. The molecule has 0 aliphatic carbocycles. The highest BCUT2D eigenvalue weighted by Crippen LogP contribution is 2.15. The zero-order chi connectivity index (χ0) is 11.4. The standard InChI is InChI=1S/C10H13FN2O2/c1-2-9(10(14)15)13(12)8-5-3-7(11)4-6-8/h3-6,9H,2,12H2,1H3,(H,14,15). The van der Waals surface area contributed by atoms with Crippen LogP contribution in [-0.4, -0.2) is 17.1 Å². The molecule has 0 amide bonds. The largest absolute Gasteiger partial charge is 0.480 e. The second kappa shape index (κ2) is 4.75. The van der Waals surface area contributed by atoms with E-state index in [1.165, 1.54) is 24.3 Å². The maximum Gasteiger partial charge on any atom is 0.327 e. The molecule has 0 heterocycles. The number of aliphatic carboxylic acids is 1. The third-order valence-corrected chi connectivity index (χ3v) is 2.13. The number of hydrogen-bond donors (Lipinski definition) is 2. The van der Waals surface area contributed by atoms with Crippen molar-refractivity contribution in [3.8, 4) is 0 Å². The quantitative estimate of drug-likeness (QED) is 0.584. The zero-order valence-electron chi connectivity index (χ0n) is 8.35. The molecule has 1 atom stereocenters. The third kappa shape index (κ3) is 2.66. The first kappa shape index (κ1) is 11.5. The van der Waals surface area contributed by atoms with Gasteiger partial charge in [0.1, 0.15) is 11.9 Å². The Kier molecular flexibility index (Phi) is 3.62. The van der Waals surface area contributed by atoms with Gasteiger partial charge in [0.2, 0.25) is 0 Å². The van der Waals surface area contributed by atoms with Crippen molar-refractivity contribution in [2.75, 3.05) is 5.01 Å². The van der Waals surface area contributed by atoms with Gasteiger partial charge in [0, 0.05) is 0 Å². The number of anilines is 1. The second-order valence-electron chi connectivity index (χ2n) is 3.15. The van der Waals surface area contributed by atoms with Crippen LogP contribution in [0.25, 0.3) is 0 Å². The van der Waals surface area contributed by atoms with Crippen LogP contribution in [0.5, 0.6) is 0 Å². The van der Waals surface area contributed by atoms with Gasteiger partial charge >= 0.3 is 5.97 Å². The summed E-state index contributed by atoms with van der Waals surface area (Å²) in [7, 11) is 0. The van der Waals surface area contributed by atoms with E-state index in [0.29, 0.717) is 12.1 Å².